The van der Waals surface area contributed by atoms with Crippen LogP contribution < -0.4 is 50.4 Å². The summed E-state index contributed by atoms with van der Waals surface area (Å²) in [6.07, 6.45) is 0.158. The molecule has 0 aromatic rings. The third-order valence-electron chi connectivity index (χ3n) is 4.65. The Hall–Kier alpha value is -4.15. The van der Waals surface area contributed by atoms with Crippen LogP contribution in [0.2, 0.25) is 0 Å². The Morgan fingerprint density at radius 1 is 0.694 bits per heavy atom. The second-order valence-corrected chi connectivity index (χ2v) is 7.69. The molecule has 3 unspecified atom stereocenters. The van der Waals surface area contributed by atoms with Crippen molar-refractivity contribution >= 4 is 41.5 Å². The molecule has 0 aliphatic rings. The van der Waals surface area contributed by atoms with Crippen LogP contribution in [-0.2, 0) is 24.0 Å². The Kier molecular flexibility index (Phi) is 15.3. The SMILES string of the molecule is NCC(=O)NC(CCCN=C(N)N)C(=O)NC(CCC(N)=O)C(=O)NC(CCCN=C(N)N)C(=O)O. The lowest BCUT2D eigenvalue weighted by Gasteiger charge is -2.24. The fourth-order valence-corrected chi connectivity index (χ4v) is 2.89. The third-order valence-corrected chi connectivity index (χ3v) is 4.65. The van der Waals surface area contributed by atoms with Gasteiger partial charge in [-0.25, -0.2) is 4.79 Å². The number of carboxylic acids is 1. The number of nitrogens with one attached hydrogen (secondary N) is 3. The van der Waals surface area contributed by atoms with Gasteiger partial charge in [0.05, 0.1) is 6.54 Å². The summed E-state index contributed by atoms with van der Waals surface area (Å²) in [6.45, 7) is -0.0635. The zero-order valence-electron chi connectivity index (χ0n) is 19.9. The number of rotatable bonds is 18. The molecular weight excluding hydrogens is 478 g/mol. The maximum Gasteiger partial charge on any atom is 0.326 e. The number of amides is 4. The highest BCUT2D eigenvalue weighted by Crippen LogP contribution is 2.05. The zero-order chi connectivity index (χ0) is 27.7. The second-order valence-electron chi connectivity index (χ2n) is 7.69. The summed E-state index contributed by atoms with van der Waals surface area (Å²) in [6, 6.07) is -3.74. The van der Waals surface area contributed by atoms with Crippen molar-refractivity contribution < 1.29 is 29.1 Å². The average Bonchev–Trinajstić information content (AvgIpc) is 2.79. The van der Waals surface area contributed by atoms with Crippen LogP contribution in [0.1, 0.15) is 38.5 Å². The number of hydrogen-bond acceptors (Lipinski definition) is 8. The van der Waals surface area contributed by atoms with Crippen LogP contribution in [0.4, 0.5) is 0 Å². The van der Waals surface area contributed by atoms with Gasteiger partial charge in [0, 0.05) is 19.5 Å². The van der Waals surface area contributed by atoms with Crippen LogP contribution in [0.15, 0.2) is 9.98 Å². The van der Waals surface area contributed by atoms with Crippen molar-refractivity contribution in [2.75, 3.05) is 19.6 Å². The van der Waals surface area contributed by atoms with E-state index in [1.54, 1.807) is 0 Å². The van der Waals surface area contributed by atoms with E-state index in [4.69, 9.17) is 34.4 Å². The summed E-state index contributed by atoms with van der Waals surface area (Å²) in [5, 5.41) is 16.6. The largest absolute Gasteiger partial charge is 0.480 e. The Bertz CT molecular complexity index is 825. The van der Waals surface area contributed by atoms with Crippen LogP contribution in [0, 0.1) is 0 Å². The fourth-order valence-electron chi connectivity index (χ4n) is 2.89. The van der Waals surface area contributed by atoms with E-state index >= 15 is 0 Å². The van der Waals surface area contributed by atoms with E-state index in [2.05, 4.69) is 25.9 Å². The molecule has 3 atom stereocenters. The molecule has 0 saturated carbocycles. The minimum atomic E-state index is -1.32. The highest BCUT2D eigenvalue weighted by atomic mass is 16.4. The predicted molar refractivity (Wildman–Crippen MR) is 131 cm³/mol. The second kappa shape index (κ2) is 17.3. The smallest absolute Gasteiger partial charge is 0.326 e. The van der Waals surface area contributed by atoms with Gasteiger partial charge >= 0.3 is 5.97 Å². The van der Waals surface area contributed by atoms with Gasteiger partial charge < -0.3 is 55.5 Å². The quantitative estimate of drug-likeness (QED) is 0.0467. The number of aliphatic carboxylic acids is 1. The summed E-state index contributed by atoms with van der Waals surface area (Å²) in [5.74, 6) is -4.60. The van der Waals surface area contributed by atoms with Gasteiger partial charge in [-0.15, -0.1) is 0 Å². The van der Waals surface area contributed by atoms with Crippen molar-refractivity contribution in [3.05, 3.63) is 0 Å². The number of primary amides is 1. The van der Waals surface area contributed by atoms with Gasteiger partial charge in [0.1, 0.15) is 18.1 Å². The Morgan fingerprint density at radius 2 is 1.14 bits per heavy atom. The van der Waals surface area contributed by atoms with E-state index in [-0.39, 0.29) is 63.7 Å². The molecule has 0 aromatic heterocycles. The molecule has 16 N–H and O–H groups in total. The van der Waals surface area contributed by atoms with Crippen molar-refractivity contribution in [3.63, 3.8) is 0 Å². The third kappa shape index (κ3) is 14.9. The average molecular weight is 516 g/mol. The molecule has 204 valence electrons. The first-order chi connectivity index (χ1) is 16.9. The molecule has 17 nitrogen and oxygen atoms in total. The minimum Gasteiger partial charge on any atom is -0.480 e. The molecule has 0 aliphatic heterocycles. The molecule has 4 amide bonds. The summed E-state index contributed by atoms with van der Waals surface area (Å²) in [4.78, 5) is 67.9. The lowest BCUT2D eigenvalue weighted by atomic mass is 10.1. The highest BCUT2D eigenvalue weighted by molar-refractivity contribution is 5.93. The van der Waals surface area contributed by atoms with E-state index < -0.39 is 47.7 Å². The first kappa shape index (κ1) is 31.8. The number of nitrogens with zero attached hydrogens (tertiary/aromatic N) is 2. The van der Waals surface area contributed by atoms with E-state index in [1.165, 1.54) is 0 Å². The van der Waals surface area contributed by atoms with Crippen molar-refractivity contribution in [2.45, 2.75) is 56.7 Å². The van der Waals surface area contributed by atoms with Crippen LogP contribution in [0.3, 0.4) is 0 Å². The predicted octanol–water partition coefficient (Wildman–Crippen LogP) is -5.14. The summed E-state index contributed by atoms with van der Waals surface area (Å²) < 4.78 is 0. The highest BCUT2D eigenvalue weighted by Gasteiger charge is 2.29. The van der Waals surface area contributed by atoms with Crippen molar-refractivity contribution in [2.24, 2.45) is 44.4 Å². The van der Waals surface area contributed by atoms with Gasteiger partial charge in [-0.1, -0.05) is 0 Å². The Labute approximate surface area is 207 Å². The van der Waals surface area contributed by atoms with Crippen LogP contribution in [0.5, 0.6) is 0 Å². The van der Waals surface area contributed by atoms with Crippen LogP contribution in [0.25, 0.3) is 0 Å². The van der Waals surface area contributed by atoms with Gasteiger partial charge in [0.25, 0.3) is 0 Å². The van der Waals surface area contributed by atoms with Crippen molar-refractivity contribution in [3.8, 4) is 0 Å². The van der Waals surface area contributed by atoms with Gasteiger partial charge in [-0.3, -0.25) is 29.2 Å². The lowest BCUT2D eigenvalue weighted by Crippen LogP contribution is -2.56. The molecule has 0 radical (unpaired) electrons. The van der Waals surface area contributed by atoms with Crippen molar-refractivity contribution in [1.82, 2.24) is 16.0 Å². The molecule has 0 saturated heterocycles. The minimum absolute atomic E-state index is 0.00564. The molecule has 0 heterocycles. The van der Waals surface area contributed by atoms with E-state index in [0.717, 1.165) is 0 Å². The first-order valence-corrected chi connectivity index (χ1v) is 11.1. The Balaban J connectivity index is 5.44. The number of guanidine groups is 2. The lowest BCUT2D eigenvalue weighted by molar-refractivity contribution is -0.142. The molecular formula is C19H37N11O6. The monoisotopic (exact) mass is 515 g/mol. The molecule has 0 bridgehead atoms. The Morgan fingerprint density at radius 3 is 1.56 bits per heavy atom. The normalized spacial score (nSPS) is 12.8. The zero-order valence-corrected chi connectivity index (χ0v) is 19.9. The number of nitrogens with two attached hydrogens (primary N) is 6. The summed E-state index contributed by atoms with van der Waals surface area (Å²) in [5.41, 5.74) is 31.4. The molecule has 0 spiro atoms. The number of aliphatic imine (C=N–C) groups is 2. The van der Waals surface area contributed by atoms with E-state index in [9.17, 15) is 29.1 Å². The summed E-state index contributed by atoms with van der Waals surface area (Å²) in [7, 11) is 0. The number of carbonyl (C=O) groups excluding carboxylic acids is 4. The van der Waals surface area contributed by atoms with Gasteiger partial charge in [0.2, 0.25) is 23.6 Å². The fraction of sp³-hybridized carbons (Fsp3) is 0.632. The standard InChI is InChI=1S/C19H37N11O6/c20-9-14(32)28-10(3-1-7-26-18(22)23)15(33)29-11(5-6-13(21)31)16(34)30-12(17(35)36)4-2-8-27-19(24)25/h10-12H,1-9,20H2,(H2,21,31)(H,28,32)(H,29,33)(H,30,34)(H,35,36)(H4,22,23,26)(H4,24,25,27). The maximum atomic E-state index is 12.9. The van der Waals surface area contributed by atoms with Crippen LogP contribution in [-0.4, -0.2) is 84.4 Å². The van der Waals surface area contributed by atoms with Gasteiger partial charge in [-0.05, 0) is 32.1 Å². The van der Waals surface area contributed by atoms with Crippen LogP contribution >= 0.6 is 0 Å². The molecule has 0 rings (SSSR count). The molecule has 0 aliphatic carbocycles. The van der Waals surface area contributed by atoms with Gasteiger partial charge in [0.15, 0.2) is 11.9 Å². The van der Waals surface area contributed by atoms with Crippen molar-refractivity contribution in [1.29, 1.82) is 0 Å². The number of carboxylic acid groups (broad SMARTS) is 1. The summed E-state index contributed by atoms with van der Waals surface area (Å²) >= 11 is 0. The van der Waals surface area contributed by atoms with E-state index in [1.807, 2.05) is 0 Å². The molecule has 0 fully saturated rings. The molecule has 17 heteroatoms. The molecule has 0 aromatic carbocycles. The van der Waals surface area contributed by atoms with Gasteiger partial charge in [-0.2, -0.15) is 0 Å². The number of carbonyl (C=O) groups is 5. The van der Waals surface area contributed by atoms with E-state index in [0.29, 0.717) is 6.42 Å². The number of hydrogen-bond donors (Lipinski definition) is 10. The first-order valence-electron chi connectivity index (χ1n) is 11.1. The maximum absolute atomic E-state index is 12.9. The topological polar surface area (TPSA) is 323 Å². The molecule has 36 heavy (non-hydrogen) atoms.